The predicted octanol–water partition coefficient (Wildman–Crippen LogP) is 4.87. The molecule has 1 atom stereocenters. The molecule has 1 aromatic heterocycles. The highest BCUT2D eigenvalue weighted by Crippen LogP contribution is 2.49. The maximum Gasteiger partial charge on any atom is 0.255 e. The molecule has 2 aromatic carbocycles. The summed E-state index contributed by atoms with van der Waals surface area (Å²) in [6.07, 6.45) is 1.57. The number of carbonyl (C=O) groups is 2. The Hall–Kier alpha value is -3.80. The van der Waals surface area contributed by atoms with E-state index < -0.39 is 11.6 Å². The number of furan rings is 1. The van der Waals surface area contributed by atoms with Crippen molar-refractivity contribution in [3.05, 3.63) is 95.6 Å². The Balaban J connectivity index is 1.70. The van der Waals surface area contributed by atoms with Crippen LogP contribution in [-0.4, -0.2) is 22.3 Å². The van der Waals surface area contributed by atoms with Gasteiger partial charge < -0.3 is 14.6 Å². The molecule has 1 N–H and O–H groups in total. The number of benzene rings is 2. The fraction of sp³-hybridized carbons (Fsp3) is 0.231. The van der Waals surface area contributed by atoms with Gasteiger partial charge in [0, 0.05) is 13.5 Å². The van der Waals surface area contributed by atoms with E-state index in [1.807, 2.05) is 79.4 Å². The molecule has 162 valence electrons. The first kappa shape index (κ1) is 20.1. The highest BCUT2D eigenvalue weighted by Gasteiger charge is 2.51. The molecule has 3 aromatic rings. The van der Waals surface area contributed by atoms with Crippen LogP contribution in [-0.2, 0) is 16.1 Å². The number of hydrogen-bond acceptors (Lipinski definition) is 4. The van der Waals surface area contributed by atoms with E-state index in [9.17, 15) is 9.59 Å². The van der Waals surface area contributed by atoms with Crippen molar-refractivity contribution < 1.29 is 14.0 Å². The molecule has 5 rings (SSSR count). The quantitative estimate of drug-likeness (QED) is 0.647. The van der Waals surface area contributed by atoms with Crippen LogP contribution in [0.25, 0.3) is 0 Å². The van der Waals surface area contributed by atoms with Gasteiger partial charge in [-0.1, -0.05) is 42.5 Å². The van der Waals surface area contributed by atoms with Gasteiger partial charge in [-0.05, 0) is 43.7 Å². The zero-order chi connectivity index (χ0) is 22.5. The summed E-state index contributed by atoms with van der Waals surface area (Å²) in [6.45, 7) is 6.06. The Morgan fingerprint density at radius 1 is 1.03 bits per heavy atom. The predicted molar refractivity (Wildman–Crippen MR) is 123 cm³/mol. The Labute approximate surface area is 187 Å². The minimum atomic E-state index is -0.666. The minimum absolute atomic E-state index is 0.109. The van der Waals surface area contributed by atoms with E-state index in [4.69, 9.17) is 4.42 Å². The molecule has 0 spiro atoms. The molecule has 0 saturated carbocycles. The number of amides is 2. The number of hydrogen-bond donors (Lipinski definition) is 1. The van der Waals surface area contributed by atoms with Crippen LogP contribution in [0.15, 0.2) is 88.7 Å². The van der Waals surface area contributed by atoms with Crippen molar-refractivity contribution in [3.8, 4) is 0 Å². The molecule has 1 unspecified atom stereocenters. The van der Waals surface area contributed by atoms with Gasteiger partial charge in [-0.25, -0.2) is 0 Å². The fourth-order valence-corrected chi connectivity index (χ4v) is 4.74. The lowest BCUT2D eigenvalue weighted by Crippen LogP contribution is -2.45. The van der Waals surface area contributed by atoms with Crippen molar-refractivity contribution >= 4 is 23.2 Å². The number of carbonyl (C=O) groups excluding carboxylic acids is 2. The first-order chi connectivity index (χ1) is 15.4. The number of nitrogens with zero attached hydrogens (tertiary/aromatic N) is 2. The number of fused-ring (bicyclic) bond motifs is 1. The van der Waals surface area contributed by atoms with Crippen molar-refractivity contribution in [1.29, 1.82) is 0 Å². The zero-order valence-electron chi connectivity index (χ0n) is 18.3. The van der Waals surface area contributed by atoms with Gasteiger partial charge in [0.1, 0.15) is 11.8 Å². The molecular weight excluding hydrogens is 402 g/mol. The SMILES string of the molecule is CC(=O)N1c2ccccc2NC2=C(C(=O)N(Cc3ccccc3)C2(C)C)C1c1ccco1. The van der Waals surface area contributed by atoms with Crippen molar-refractivity contribution in [2.75, 3.05) is 10.2 Å². The summed E-state index contributed by atoms with van der Waals surface area (Å²) in [7, 11) is 0. The number of nitrogens with one attached hydrogen (secondary N) is 1. The van der Waals surface area contributed by atoms with Crippen LogP contribution in [0, 0.1) is 0 Å². The maximum absolute atomic E-state index is 14.0. The lowest BCUT2D eigenvalue weighted by molar-refractivity contribution is -0.129. The first-order valence-corrected chi connectivity index (χ1v) is 10.7. The molecule has 0 aliphatic carbocycles. The first-order valence-electron chi connectivity index (χ1n) is 10.7. The molecule has 3 heterocycles. The van der Waals surface area contributed by atoms with Gasteiger partial charge >= 0.3 is 0 Å². The lowest BCUT2D eigenvalue weighted by atomic mass is 9.95. The van der Waals surface area contributed by atoms with Gasteiger partial charge in [0.15, 0.2) is 0 Å². The molecule has 0 bridgehead atoms. The second kappa shape index (κ2) is 7.41. The molecule has 2 aliphatic heterocycles. The van der Waals surface area contributed by atoms with Crippen LogP contribution >= 0.6 is 0 Å². The standard InChI is InChI=1S/C26H25N3O3/c1-17(30)29-20-13-8-7-12-19(20)27-24-22(23(29)21-14-9-15-32-21)25(31)28(26(24,2)3)16-18-10-5-4-6-11-18/h4-15,23,27H,16H2,1-3H3. The van der Waals surface area contributed by atoms with E-state index in [1.54, 1.807) is 17.2 Å². The van der Waals surface area contributed by atoms with E-state index in [0.29, 0.717) is 23.6 Å². The summed E-state index contributed by atoms with van der Waals surface area (Å²) in [4.78, 5) is 30.5. The molecule has 32 heavy (non-hydrogen) atoms. The monoisotopic (exact) mass is 427 g/mol. The fourth-order valence-electron chi connectivity index (χ4n) is 4.74. The van der Waals surface area contributed by atoms with Gasteiger partial charge in [-0.3, -0.25) is 14.5 Å². The van der Waals surface area contributed by atoms with Crippen molar-refractivity contribution in [1.82, 2.24) is 4.90 Å². The second-order valence-corrected chi connectivity index (χ2v) is 8.67. The third kappa shape index (κ3) is 3.02. The zero-order valence-corrected chi connectivity index (χ0v) is 18.3. The Kier molecular flexibility index (Phi) is 4.66. The van der Waals surface area contributed by atoms with Gasteiger partial charge in [-0.2, -0.15) is 0 Å². The van der Waals surface area contributed by atoms with Crippen molar-refractivity contribution in [2.45, 2.75) is 38.9 Å². The van der Waals surface area contributed by atoms with E-state index >= 15 is 0 Å². The minimum Gasteiger partial charge on any atom is -0.467 e. The van der Waals surface area contributed by atoms with Crippen LogP contribution in [0.1, 0.15) is 38.1 Å². The van der Waals surface area contributed by atoms with Crippen molar-refractivity contribution in [3.63, 3.8) is 0 Å². The highest BCUT2D eigenvalue weighted by molar-refractivity contribution is 6.06. The van der Waals surface area contributed by atoms with Gasteiger partial charge in [0.05, 0.1) is 34.4 Å². The van der Waals surface area contributed by atoms with Crippen LogP contribution in [0.2, 0.25) is 0 Å². The Morgan fingerprint density at radius 2 is 1.75 bits per heavy atom. The molecule has 0 radical (unpaired) electrons. The molecular formula is C26H25N3O3. The van der Waals surface area contributed by atoms with E-state index in [0.717, 1.165) is 16.9 Å². The van der Waals surface area contributed by atoms with Crippen LogP contribution < -0.4 is 10.2 Å². The summed E-state index contributed by atoms with van der Waals surface area (Å²) in [5.41, 5.74) is 3.25. The average Bonchev–Trinajstić information content (AvgIpc) is 3.31. The van der Waals surface area contributed by atoms with E-state index in [2.05, 4.69) is 5.32 Å². The summed E-state index contributed by atoms with van der Waals surface area (Å²) in [5, 5.41) is 3.52. The largest absolute Gasteiger partial charge is 0.467 e. The Morgan fingerprint density at radius 3 is 2.44 bits per heavy atom. The number of anilines is 2. The molecule has 6 nitrogen and oxygen atoms in total. The summed E-state index contributed by atoms with van der Waals surface area (Å²) in [6, 6.07) is 20.5. The van der Waals surface area contributed by atoms with Crippen LogP contribution in [0.4, 0.5) is 11.4 Å². The average molecular weight is 428 g/mol. The summed E-state index contributed by atoms with van der Waals surface area (Å²) in [5.74, 6) is 0.278. The molecule has 6 heteroatoms. The van der Waals surface area contributed by atoms with Gasteiger partial charge in [0.2, 0.25) is 5.91 Å². The number of para-hydroxylation sites is 2. The van der Waals surface area contributed by atoms with Crippen molar-refractivity contribution in [2.24, 2.45) is 0 Å². The van der Waals surface area contributed by atoms with Gasteiger partial charge in [0.25, 0.3) is 5.91 Å². The van der Waals surface area contributed by atoms with E-state index in [-0.39, 0.29) is 11.8 Å². The normalized spacial score (nSPS) is 19.3. The van der Waals surface area contributed by atoms with Crippen LogP contribution in [0.5, 0.6) is 0 Å². The second-order valence-electron chi connectivity index (χ2n) is 8.67. The summed E-state index contributed by atoms with van der Waals surface area (Å²) < 4.78 is 5.78. The van der Waals surface area contributed by atoms with Crippen LogP contribution in [0.3, 0.4) is 0 Å². The lowest BCUT2D eigenvalue weighted by Gasteiger charge is -2.36. The summed E-state index contributed by atoms with van der Waals surface area (Å²) >= 11 is 0. The maximum atomic E-state index is 14.0. The topological polar surface area (TPSA) is 65.8 Å². The highest BCUT2D eigenvalue weighted by atomic mass is 16.3. The Bertz CT molecular complexity index is 1210. The third-order valence-electron chi connectivity index (χ3n) is 6.32. The van der Waals surface area contributed by atoms with E-state index in [1.165, 1.54) is 6.92 Å². The van der Waals surface area contributed by atoms with Gasteiger partial charge in [-0.15, -0.1) is 0 Å². The molecule has 0 fully saturated rings. The third-order valence-corrected chi connectivity index (χ3v) is 6.32. The molecule has 0 saturated heterocycles. The molecule has 2 amide bonds. The number of rotatable bonds is 3. The molecule has 2 aliphatic rings. The smallest absolute Gasteiger partial charge is 0.255 e.